The van der Waals surface area contributed by atoms with Crippen LogP contribution in [0.15, 0.2) is 28.8 Å². The number of aromatic nitrogens is 2. The Bertz CT molecular complexity index is 512. The first-order valence-corrected chi connectivity index (χ1v) is 5.55. The number of rotatable bonds is 2. The Hall–Kier alpha value is -1.68. The number of benzene rings is 1. The van der Waals surface area contributed by atoms with Gasteiger partial charge >= 0.3 is 0 Å². The van der Waals surface area contributed by atoms with Crippen molar-refractivity contribution >= 4 is 0 Å². The molecule has 0 fully saturated rings. The second-order valence-corrected chi connectivity index (χ2v) is 5.03. The molecule has 1 N–H and O–H groups in total. The lowest BCUT2D eigenvalue weighted by Crippen LogP contribution is -2.11. The minimum absolute atomic E-state index is 0.0117. The molecule has 0 spiro atoms. The van der Waals surface area contributed by atoms with Crippen LogP contribution in [0.3, 0.4) is 0 Å². The molecule has 2 aromatic rings. The Kier molecular flexibility index (Phi) is 2.98. The van der Waals surface area contributed by atoms with Gasteiger partial charge in [-0.3, -0.25) is 0 Å². The Morgan fingerprint density at radius 1 is 1.29 bits per heavy atom. The summed E-state index contributed by atoms with van der Waals surface area (Å²) in [6, 6.07) is 7.48. The monoisotopic (exact) mass is 232 g/mol. The van der Waals surface area contributed by atoms with Crippen molar-refractivity contribution in [3.05, 3.63) is 35.7 Å². The second-order valence-electron chi connectivity index (χ2n) is 5.03. The average Bonchev–Trinajstić information content (AvgIpc) is 2.78. The molecule has 1 heterocycles. The van der Waals surface area contributed by atoms with Crippen LogP contribution in [-0.4, -0.2) is 15.2 Å². The van der Waals surface area contributed by atoms with Crippen LogP contribution in [0.25, 0.3) is 11.4 Å². The van der Waals surface area contributed by atoms with Crippen molar-refractivity contribution in [1.82, 2.24) is 10.1 Å². The van der Waals surface area contributed by atoms with Gasteiger partial charge in [-0.2, -0.15) is 4.98 Å². The predicted molar refractivity (Wildman–Crippen MR) is 64.4 cm³/mol. The summed E-state index contributed by atoms with van der Waals surface area (Å²) in [5.74, 6) is 1.17. The smallest absolute Gasteiger partial charge is 0.232 e. The van der Waals surface area contributed by atoms with Gasteiger partial charge in [-0.1, -0.05) is 44.1 Å². The molecule has 1 aromatic heterocycles. The zero-order valence-corrected chi connectivity index (χ0v) is 10.3. The number of aliphatic hydroxyl groups is 1. The summed E-state index contributed by atoms with van der Waals surface area (Å²) in [5, 5.41) is 13.0. The van der Waals surface area contributed by atoms with Gasteiger partial charge in [0.05, 0.1) is 6.61 Å². The molecule has 0 aliphatic heterocycles. The first kappa shape index (κ1) is 11.8. The minimum Gasteiger partial charge on any atom is -0.392 e. The zero-order chi connectivity index (χ0) is 12.5. The molecular weight excluding hydrogens is 216 g/mol. The number of hydrogen-bond acceptors (Lipinski definition) is 4. The van der Waals surface area contributed by atoms with Gasteiger partial charge in [-0.25, -0.2) is 0 Å². The second kappa shape index (κ2) is 4.30. The van der Waals surface area contributed by atoms with Gasteiger partial charge in [-0.05, 0) is 11.6 Å². The fourth-order valence-corrected chi connectivity index (χ4v) is 1.45. The summed E-state index contributed by atoms with van der Waals surface area (Å²) in [4.78, 5) is 4.37. The van der Waals surface area contributed by atoms with Crippen molar-refractivity contribution in [2.24, 2.45) is 0 Å². The molecule has 0 aliphatic carbocycles. The average molecular weight is 232 g/mol. The van der Waals surface area contributed by atoms with Crippen LogP contribution in [0.5, 0.6) is 0 Å². The summed E-state index contributed by atoms with van der Waals surface area (Å²) in [6.45, 7) is 6.08. The fraction of sp³-hybridized carbons (Fsp3) is 0.385. The van der Waals surface area contributed by atoms with E-state index >= 15 is 0 Å². The van der Waals surface area contributed by atoms with E-state index in [1.807, 2.05) is 45.0 Å². The predicted octanol–water partition coefficient (Wildman–Crippen LogP) is 2.53. The van der Waals surface area contributed by atoms with Crippen LogP contribution in [0, 0.1) is 0 Å². The van der Waals surface area contributed by atoms with Crippen LogP contribution >= 0.6 is 0 Å². The summed E-state index contributed by atoms with van der Waals surface area (Å²) in [5.41, 5.74) is 1.54. The summed E-state index contributed by atoms with van der Waals surface area (Å²) >= 11 is 0. The van der Waals surface area contributed by atoms with Gasteiger partial charge in [0.1, 0.15) is 0 Å². The van der Waals surface area contributed by atoms with Crippen molar-refractivity contribution in [3.8, 4) is 11.4 Å². The van der Waals surface area contributed by atoms with E-state index in [1.54, 1.807) is 0 Å². The summed E-state index contributed by atoms with van der Waals surface area (Å²) < 4.78 is 5.23. The normalized spacial score (nSPS) is 11.8. The van der Waals surface area contributed by atoms with Crippen molar-refractivity contribution in [1.29, 1.82) is 0 Å². The maximum Gasteiger partial charge on any atom is 0.232 e. The summed E-state index contributed by atoms with van der Waals surface area (Å²) in [7, 11) is 0. The quantitative estimate of drug-likeness (QED) is 0.864. The lowest BCUT2D eigenvalue weighted by Gasteiger charge is -2.10. The molecule has 0 radical (unpaired) electrons. The molecule has 1 aromatic carbocycles. The first-order chi connectivity index (χ1) is 8.00. The lowest BCUT2D eigenvalue weighted by molar-refractivity contribution is 0.282. The molecule has 2 rings (SSSR count). The van der Waals surface area contributed by atoms with E-state index < -0.39 is 0 Å². The van der Waals surface area contributed by atoms with E-state index in [-0.39, 0.29) is 12.0 Å². The molecule has 0 atom stereocenters. The molecule has 90 valence electrons. The lowest BCUT2D eigenvalue weighted by atomic mass is 9.97. The molecule has 0 unspecified atom stereocenters. The van der Waals surface area contributed by atoms with Crippen molar-refractivity contribution in [3.63, 3.8) is 0 Å². The Labute approximate surface area is 100 Å². The highest BCUT2D eigenvalue weighted by Crippen LogP contribution is 2.24. The SMILES string of the molecule is CC(C)(C)c1nc(-c2cccc(CO)c2)no1. The number of aliphatic hydroxyl groups excluding tert-OH is 1. The van der Waals surface area contributed by atoms with Crippen molar-refractivity contribution in [2.75, 3.05) is 0 Å². The topological polar surface area (TPSA) is 59.2 Å². The van der Waals surface area contributed by atoms with Gasteiger partial charge in [0, 0.05) is 11.0 Å². The van der Waals surface area contributed by atoms with Gasteiger partial charge in [0.15, 0.2) is 0 Å². The van der Waals surface area contributed by atoms with Crippen LogP contribution in [0.2, 0.25) is 0 Å². The molecule has 4 heteroatoms. The van der Waals surface area contributed by atoms with Gasteiger partial charge in [0.25, 0.3) is 0 Å². The van der Waals surface area contributed by atoms with E-state index in [2.05, 4.69) is 10.1 Å². The highest BCUT2D eigenvalue weighted by Gasteiger charge is 2.22. The fourth-order valence-electron chi connectivity index (χ4n) is 1.45. The van der Waals surface area contributed by atoms with E-state index in [1.165, 1.54) is 0 Å². The van der Waals surface area contributed by atoms with E-state index in [4.69, 9.17) is 9.63 Å². The first-order valence-electron chi connectivity index (χ1n) is 5.55. The molecule has 0 saturated heterocycles. The van der Waals surface area contributed by atoms with Gasteiger partial charge in [0.2, 0.25) is 11.7 Å². The largest absolute Gasteiger partial charge is 0.392 e. The third kappa shape index (κ3) is 2.53. The maximum absolute atomic E-state index is 9.08. The molecule has 4 nitrogen and oxygen atoms in total. The Morgan fingerprint density at radius 2 is 2.06 bits per heavy atom. The molecule has 0 amide bonds. The molecule has 0 bridgehead atoms. The summed E-state index contributed by atoms with van der Waals surface area (Å²) in [6.07, 6.45) is 0. The van der Waals surface area contributed by atoms with Crippen molar-refractivity contribution < 1.29 is 9.63 Å². The van der Waals surface area contributed by atoms with E-state index in [9.17, 15) is 0 Å². The van der Waals surface area contributed by atoms with E-state index in [0.717, 1.165) is 11.1 Å². The Balaban J connectivity index is 2.37. The minimum atomic E-state index is -0.153. The van der Waals surface area contributed by atoms with Crippen LogP contribution in [0.4, 0.5) is 0 Å². The van der Waals surface area contributed by atoms with E-state index in [0.29, 0.717) is 11.7 Å². The molecule has 0 aliphatic rings. The number of hydrogen-bond donors (Lipinski definition) is 1. The molecule has 0 saturated carbocycles. The zero-order valence-electron chi connectivity index (χ0n) is 10.3. The van der Waals surface area contributed by atoms with Crippen LogP contribution in [-0.2, 0) is 12.0 Å². The third-order valence-electron chi connectivity index (χ3n) is 2.44. The number of nitrogens with zero attached hydrogens (tertiary/aromatic N) is 2. The highest BCUT2D eigenvalue weighted by molar-refractivity contribution is 5.55. The standard InChI is InChI=1S/C13H16N2O2/c1-13(2,3)12-14-11(15-17-12)10-6-4-5-9(7-10)8-16/h4-7,16H,8H2,1-3H3. The van der Waals surface area contributed by atoms with Crippen LogP contribution in [0.1, 0.15) is 32.2 Å². The maximum atomic E-state index is 9.08. The van der Waals surface area contributed by atoms with Crippen LogP contribution < -0.4 is 0 Å². The highest BCUT2D eigenvalue weighted by atomic mass is 16.5. The molecule has 17 heavy (non-hydrogen) atoms. The third-order valence-corrected chi connectivity index (χ3v) is 2.44. The van der Waals surface area contributed by atoms with Gasteiger partial charge in [-0.15, -0.1) is 0 Å². The van der Waals surface area contributed by atoms with Gasteiger partial charge < -0.3 is 9.63 Å². The van der Waals surface area contributed by atoms with Crippen molar-refractivity contribution in [2.45, 2.75) is 32.8 Å². The molecular formula is C13H16N2O2. The Morgan fingerprint density at radius 3 is 2.65 bits per heavy atom.